The zero-order valence-electron chi connectivity index (χ0n) is 8.69. The molecule has 1 fully saturated rings. The second kappa shape index (κ2) is 4.55. The van der Waals surface area contributed by atoms with Crippen LogP contribution in [0, 0.1) is 5.92 Å². The maximum atomic E-state index is 11.7. The van der Waals surface area contributed by atoms with E-state index in [1.54, 1.807) is 18.2 Å². The van der Waals surface area contributed by atoms with Gasteiger partial charge in [-0.3, -0.25) is 9.59 Å². The molecule has 1 aromatic carbocycles. The van der Waals surface area contributed by atoms with Gasteiger partial charge in [0.15, 0.2) is 0 Å². The average Bonchev–Trinajstić information content (AvgIpc) is 2.61. The van der Waals surface area contributed by atoms with Gasteiger partial charge in [0.25, 0.3) is 0 Å². The van der Waals surface area contributed by atoms with Crippen molar-refractivity contribution in [1.29, 1.82) is 0 Å². The molecule has 0 saturated carbocycles. The van der Waals surface area contributed by atoms with Gasteiger partial charge in [-0.15, -0.1) is 0 Å². The number of carbonyl (C=O) groups excluding carboxylic acids is 1. The largest absolute Gasteiger partial charge is 0.481 e. The molecule has 0 bridgehead atoms. The molecule has 4 nitrogen and oxygen atoms in total. The lowest BCUT2D eigenvalue weighted by Crippen LogP contribution is -2.26. The summed E-state index contributed by atoms with van der Waals surface area (Å²) in [6, 6.07) is 4.90. The first kappa shape index (κ1) is 12.2. The number of para-hydroxylation sites is 1. The molecule has 6 heteroatoms. The molecule has 0 aliphatic carbocycles. The summed E-state index contributed by atoms with van der Waals surface area (Å²) < 4.78 is 0. The van der Waals surface area contributed by atoms with Gasteiger partial charge in [-0.25, -0.2) is 0 Å². The zero-order valence-corrected chi connectivity index (χ0v) is 10.2. The van der Waals surface area contributed by atoms with E-state index in [1.807, 2.05) is 0 Å². The highest BCUT2D eigenvalue weighted by Crippen LogP contribution is 2.36. The van der Waals surface area contributed by atoms with E-state index in [-0.39, 0.29) is 18.9 Å². The first-order chi connectivity index (χ1) is 8.00. The summed E-state index contributed by atoms with van der Waals surface area (Å²) in [4.78, 5) is 23.9. The van der Waals surface area contributed by atoms with Gasteiger partial charge in [0.1, 0.15) is 0 Å². The predicted molar refractivity (Wildman–Crippen MR) is 64.6 cm³/mol. The van der Waals surface area contributed by atoms with Gasteiger partial charge in [0, 0.05) is 13.0 Å². The molecule has 1 aliphatic heterocycles. The van der Waals surface area contributed by atoms with E-state index in [0.717, 1.165) is 0 Å². The Hall–Kier alpha value is -1.26. The molecule has 2 rings (SSSR count). The fraction of sp³-hybridized carbons (Fsp3) is 0.273. The van der Waals surface area contributed by atoms with Crippen LogP contribution >= 0.6 is 23.2 Å². The van der Waals surface area contributed by atoms with Crippen LogP contribution in [0.3, 0.4) is 0 Å². The third-order valence-electron chi connectivity index (χ3n) is 2.68. The molecule has 90 valence electrons. The summed E-state index contributed by atoms with van der Waals surface area (Å²) in [5.74, 6) is -1.95. The highest BCUT2D eigenvalue weighted by atomic mass is 35.5. The van der Waals surface area contributed by atoms with Gasteiger partial charge < -0.3 is 10.0 Å². The Balaban J connectivity index is 2.35. The van der Waals surface area contributed by atoms with E-state index in [4.69, 9.17) is 28.3 Å². The molecule has 1 atom stereocenters. The average molecular weight is 274 g/mol. The highest BCUT2D eigenvalue weighted by molar-refractivity contribution is 6.40. The smallest absolute Gasteiger partial charge is 0.308 e. The number of amides is 1. The van der Waals surface area contributed by atoms with Crippen LogP contribution in [0.4, 0.5) is 5.69 Å². The first-order valence-electron chi connectivity index (χ1n) is 4.98. The summed E-state index contributed by atoms with van der Waals surface area (Å²) in [6.45, 7) is 0.109. The van der Waals surface area contributed by atoms with Crippen LogP contribution < -0.4 is 4.90 Å². The normalized spacial score (nSPS) is 19.8. The van der Waals surface area contributed by atoms with Crippen LogP contribution in [-0.4, -0.2) is 23.5 Å². The number of anilines is 1. The number of hydrogen-bond donors (Lipinski definition) is 1. The fourth-order valence-electron chi connectivity index (χ4n) is 1.84. The van der Waals surface area contributed by atoms with E-state index in [9.17, 15) is 9.59 Å². The van der Waals surface area contributed by atoms with Gasteiger partial charge in [-0.2, -0.15) is 0 Å². The van der Waals surface area contributed by atoms with Crippen LogP contribution in [0.15, 0.2) is 18.2 Å². The molecule has 1 N–H and O–H groups in total. The second-order valence-electron chi connectivity index (χ2n) is 3.81. The van der Waals surface area contributed by atoms with Gasteiger partial charge in [0.05, 0.1) is 21.7 Å². The van der Waals surface area contributed by atoms with E-state index in [0.29, 0.717) is 15.7 Å². The van der Waals surface area contributed by atoms with E-state index in [2.05, 4.69) is 0 Å². The van der Waals surface area contributed by atoms with Gasteiger partial charge in [0.2, 0.25) is 5.91 Å². The number of benzene rings is 1. The Morgan fingerprint density at radius 1 is 1.35 bits per heavy atom. The minimum atomic E-state index is -0.982. The van der Waals surface area contributed by atoms with Crippen molar-refractivity contribution in [1.82, 2.24) is 0 Å². The lowest BCUT2D eigenvalue weighted by molar-refractivity contribution is -0.141. The molecule has 1 aromatic rings. The summed E-state index contributed by atoms with van der Waals surface area (Å²) in [5, 5.41) is 9.58. The minimum absolute atomic E-state index is 0.0170. The monoisotopic (exact) mass is 273 g/mol. The maximum Gasteiger partial charge on any atom is 0.308 e. The van der Waals surface area contributed by atoms with Gasteiger partial charge in [-0.05, 0) is 12.1 Å². The third-order valence-corrected chi connectivity index (χ3v) is 3.29. The Morgan fingerprint density at radius 2 is 1.94 bits per heavy atom. The van der Waals surface area contributed by atoms with Crippen molar-refractivity contribution in [2.75, 3.05) is 11.4 Å². The van der Waals surface area contributed by atoms with E-state index < -0.39 is 11.9 Å². The van der Waals surface area contributed by atoms with Crippen molar-refractivity contribution in [3.8, 4) is 0 Å². The number of carboxylic acid groups (broad SMARTS) is 1. The van der Waals surface area contributed by atoms with Crippen LogP contribution in [0.2, 0.25) is 10.0 Å². The standard InChI is InChI=1S/C11H9Cl2NO3/c12-7-2-1-3-8(13)10(7)14-5-6(11(16)17)4-9(14)15/h1-3,6H,4-5H2,(H,16,17). The van der Waals surface area contributed by atoms with Crippen molar-refractivity contribution in [3.63, 3.8) is 0 Å². The molecule has 1 unspecified atom stereocenters. The quantitative estimate of drug-likeness (QED) is 0.901. The van der Waals surface area contributed by atoms with Gasteiger partial charge >= 0.3 is 5.97 Å². The summed E-state index contributed by atoms with van der Waals surface area (Å²) in [5.41, 5.74) is 0.393. The Bertz CT molecular complexity index is 469. The number of carboxylic acids is 1. The molecule has 0 radical (unpaired) electrons. The molecular formula is C11H9Cl2NO3. The first-order valence-corrected chi connectivity index (χ1v) is 5.73. The SMILES string of the molecule is O=C(O)C1CC(=O)N(c2c(Cl)cccc2Cl)C1. The Kier molecular flexibility index (Phi) is 3.26. The molecule has 17 heavy (non-hydrogen) atoms. The zero-order chi connectivity index (χ0) is 12.6. The summed E-state index contributed by atoms with van der Waals surface area (Å²) in [7, 11) is 0. The number of carbonyl (C=O) groups is 2. The summed E-state index contributed by atoms with van der Waals surface area (Å²) >= 11 is 12.0. The van der Waals surface area contributed by atoms with E-state index in [1.165, 1.54) is 4.90 Å². The fourth-order valence-corrected chi connectivity index (χ4v) is 2.44. The van der Waals surface area contributed by atoms with Crippen molar-refractivity contribution < 1.29 is 14.7 Å². The van der Waals surface area contributed by atoms with Crippen molar-refractivity contribution in [3.05, 3.63) is 28.2 Å². The van der Waals surface area contributed by atoms with Crippen LogP contribution in [0.1, 0.15) is 6.42 Å². The number of halogens is 2. The molecular weight excluding hydrogens is 265 g/mol. The Morgan fingerprint density at radius 3 is 2.41 bits per heavy atom. The van der Waals surface area contributed by atoms with Crippen molar-refractivity contribution in [2.45, 2.75) is 6.42 Å². The molecule has 1 saturated heterocycles. The van der Waals surface area contributed by atoms with Crippen molar-refractivity contribution >= 4 is 40.8 Å². The topological polar surface area (TPSA) is 57.6 Å². The highest BCUT2D eigenvalue weighted by Gasteiger charge is 2.36. The molecule has 1 aliphatic rings. The third kappa shape index (κ3) is 2.23. The number of aliphatic carboxylic acids is 1. The maximum absolute atomic E-state index is 11.7. The number of rotatable bonds is 2. The lowest BCUT2D eigenvalue weighted by Gasteiger charge is -2.18. The lowest BCUT2D eigenvalue weighted by atomic mass is 10.1. The van der Waals surface area contributed by atoms with Crippen LogP contribution in [0.5, 0.6) is 0 Å². The molecule has 1 heterocycles. The number of nitrogens with zero attached hydrogens (tertiary/aromatic N) is 1. The number of hydrogen-bond acceptors (Lipinski definition) is 2. The van der Waals surface area contributed by atoms with Crippen LogP contribution in [-0.2, 0) is 9.59 Å². The minimum Gasteiger partial charge on any atom is -0.481 e. The van der Waals surface area contributed by atoms with E-state index >= 15 is 0 Å². The molecule has 0 aromatic heterocycles. The molecule has 0 spiro atoms. The Labute approximate surface area is 108 Å². The van der Waals surface area contributed by atoms with Crippen molar-refractivity contribution in [2.24, 2.45) is 5.92 Å². The second-order valence-corrected chi connectivity index (χ2v) is 4.63. The molecule has 1 amide bonds. The van der Waals surface area contributed by atoms with Gasteiger partial charge in [-0.1, -0.05) is 29.3 Å². The predicted octanol–water partition coefficient (Wildman–Crippen LogP) is 2.43. The summed E-state index contributed by atoms with van der Waals surface area (Å²) in [6.07, 6.45) is -0.0170. The van der Waals surface area contributed by atoms with Crippen LogP contribution in [0.25, 0.3) is 0 Å².